The van der Waals surface area contributed by atoms with E-state index >= 15 is 0 Å². The summed E-state index contributed by atoms with van der Waals surface area (Å²) in [6.45, 7) is 0. The quantitative estimate of drug-likeness (QED) is 0.802. The number of hydrogen-bond acceptors (Lipinski definition) is 3. The summed E-state index contributed by atoms with van der Waals surface area (Å²) in [5.41, 5.74) is 1.81. The predicted octanol–water partition coefficient (Wildman–Crippen LogP) is 2.73. The molecule has 0 unspecified atom stereocenters. The fourth-order valence-corrected chi connectivity index (χ4v) is 3.04. The summed E-state index contributed by atoms with van der Waals surface area (Å²) in [6, 6.07) is 15.3. The maximum Gasteiger partial charge on any atom is 0.328 e. The maximum absolute atomic E-state index is 12.1. The number of anilines is 1. The van der Waals surface area contributed by atoms with Crippen molar-refractivity contribution >= 4 is 27.8 Å². The van der Waals surface area contributed by atoms with Crippen molar-refractivity contribution in [3.8, 4) is 0 Å². The second-order valence-electron chi connectivity index (χ2n) is 4.64. The van der Waals surface area contributed by atoms with Crippen LogP contribution in [0.4, 0.5) is 5.69 Å². The standard InChI is InChI=1S/C16H15NO4S/c18-16(19)11-8-13-6-9-15(10-7-13)17-22(20,21)12-14-4-2-1-3-5-14/h1-11,17H,12H2,(H,18,19)/b11-8+. The molecular weight excluding hydrogens is 302 g/mol. The molecule has 0 aromatic heterocycles. The van der Waals surface area contributed by atoms with Gasteiger partial charge in [-0.25, -0.2) is 13.2 Å². The van der Waals surface area contributed by atoms with Gasteiger partial charge in [-0.3, -0.25) is 4.72 Å². The molecule has 0 amide bonds. The van der Waals surface area contributed by atoms with Gasteiger partial charge in [-0.1, -0.05) is 42.5 Å². The van der Waals surface area contributed by atoms with Crippen LogP contribution in [-0.2, 0) is 20.6 Å². The highest BCUT2D eigenvalue weighted by Gasteiger charge is 2.11. The summed E-state index contributed by atoms with van der Waals surface area (Å²) in [5, 5.41) is 8.54. The van der Waals surface area contributed by atoms with Crippen LogP contribution in [-0.4, -0.2) is 19.5 Å². The van der Waals surface area contributed by atoms with Crippen LogP contribution in [0.25, 0.3) is 6.08 Å². The van der Waals surface area contributed by atoms with Gasteiger partial charge in [0.1, 0.15) is 0 Å². The Labute approximate surface area is 129 Å². The zero-order chi connectivity index (χ0) is 16.0. The van der Waals surface area contributed by atoms with E-state index in [-0.39, 0.29) is 5.75 Å². The summed E-state index contributed by atoms with van der Waals surface area (Å²) < 4.78 is 26.6. The first kappa shape index (κ1) is 15.8. The Bertz CT molecular complexity index is 766. The SMILES string of the molecule is O=C(O)/C=C/c1ccc(NS(=O)(=O)Cc2ccccc2)cc1. The van der Waals surface area contributed by atoms with Gasteiger partial charge in [-0.15, -0.1) is 0 Å². The number of rotatable bonds is 6. The molecule has 0 atom stereocenters. The van der Waals surface area contributed by atoms with E-state index in [2.05, 4.69) is 4.72 Å². The van der Waals surface area contributed by atoms with Crippen LogP contribution in [0.2, 0.25) is 0 Å². The number of carboxylic acid groups (broad SMARTS) is 1. The van der Waals surface area contributed by atoms with Crippen molar-refractivity contribution in [2.75, 3.05) is 4.72 Å². The van der Waals surface area contributed by atoms with Gasteiger partial charge in [0, 0.05) is 11.8 Å². The van der Waals surface area contributed by atoms with Gasteiger partial charge in [0.05, 0.1) is 5.75 Å². The van der Waals surface area contributed by atoms with E-state index in [0.29, 0.717) is 16.8 Å². The number of sulfonamides is 1. The molecule has 22 heavy (non-hydrogen) atoms. The van der Waals surface area contributed by atoms with Crippen molar-refractivity contribution in [2.24, 2.45) is 0 Å². The number of carboxylic acids is 1. The smallest absolute Gasteiger partial charge is 0.328 e. The minimum atomic E-state index is -3.49. The van der Waals surface area contributed by atoms with E-state index in [0.717, 1.165) is 6.08 Å². The molecule has 6 heteroatoms. The molecule has 2 aromatic carbocycles. The Morgan fingerprint density at radius 2 is 1.68 bits per heavy atom. The van der Waals surface area contributed by atoms with Crippen LogP contribution in [0.5, 0.6) is 0 Å². The Hall–Kier alpha value is -2.60. The lowest BCUT2D eigenvalue weighted by molar-refractivity contribution is -0.131. The Kier molecular flexibility index (Phi) is 4.95. The lowest BCUT2D eigenvalue weighted by Gasteiger charge is -2.08. The van der Waals surface area contributed by atoms with Crippen molar-refractivity contribution in [2.45, 2.75) is 5.75 Å². The van der Waals surface area contributed by atoms with Crippen molar-refractivity contribution in [1.29, 1.82) is 0 Å². The van der Waals surface area contributed by atoms with E-state index in [4.69, 9.17) is 5.11 Å². The first-order chi connectivity index (χ1) is 10.4. The van der Waals surface area contributed by atoms with Crippen LogP contribution in [0, 0.1) is 0 Å². The van der Waals surface area contributed by atoms with E-state index in [9.17, 15) is 13.2 Å². The number of hydrogen-bond donors (Lipinski definition) is 2. The summed E-state index contributed by atoms with van der Waals surface area (Å²) in [6.07, 6.45) is 2.46. The van der Waals surface area contributed by atoms with Crippen molar-refractivity contribution in [1.82, 2.24) is 0 Å². The van der Waals surface area contributed by atoms with Crippen molar-refractivity contribution in [3.63, 3.8) is 0 Å². The minimum absolute atomic E-state index is 0.103. The maximum atomic E-state index is 12.1. The molecule has 2 rings (SSSR count). The lowest BCUT2D eigenvalue weighted by Crippen LogP contribution is -2.14. The highest BCUT2D eigenvalue weighted by atomic mass is 32.2. The minimum Gasteiger partial charge on any atom is -0.478 e. The first-order valence-electron chi connectivity index (χ1n) is 6.50. The molecule has 0 saturated carbocycles. The molecule has 2 aromatic rings. The third-order valence-corrected chi connectivity index (χ3v) is 4.06. The Morgan fingerprint density at radius 3 is 2.27 bits per heavy atom. The second-order valence-corrected chi connectivity index (χ2v) is 6.36. The predicted molar refractivity (Wildman–Crippen MR) is 85.8 cm³/mol. The fraction of sp³-hybridized carbons (Fsp3) is 0.0625. The average molecular weight is 317 g/mol. The van der Waals surface area contributed by atoms with Gasteiger partial charge in [0.15, 0.2) is 0 Å². The van der Waals surface area contributed by atoms with E-state index in [1.165, 1.54) is 6.08 Å². The van der Waals surface area contributed by atoms with Gasteiger partial charge < -0.3 is 5.11 Å². The third-order valence-electron chi connectivity index (χ3n) is 2.80. The Morgan fingerprint density at radius 1 is 1.05 bits per heavy atom. The molecule has 0 aliphatic heterocycles. The van der Waals surface area contributed by atoms with E-state index < -0.39 is 16.0 Å². The number of carbonyl (C=O) groups is 1. The molecule has 0 bridgehead atoms. The van der Waals surface area contributed by atoms with Crippen molar-refractivity contribution < 1.29 is 18.3 Å². The summed E-state index contributed by atoms with van der Waals surface area (Å²) >= 11 is 0. The van der Waals surface area contributed by atoms with E-state index in [1.54, 1.807) is 48.5 Å². The molecule has 0 aliphatic rings. The topological polar surface area (TPSA) is 83.5 Å². The van der Waals surface area contributed by atoms with Crippen LogP contribution in [0.1, 0.15) is 11.1 Å². The van der Waals surface area contributed by atoms with Gasteiger partial charge in [-0.2, -0.15) is 0 Å². The van der Waals surface area contributed by atoms with E-state index in [1.807, 2.05) is 6.07 Å². The molecule has 0 fully saturated rings. The van der Waals surface area contributed by atoms with Crippen LogP contribution in [0.3, 0.4) is 0 Å². The molecular formula is C16H15NO4S. The average Bonchev–Trinajstić information content (AvgIpc) is 2.46. The van der Waals surface area contributed by atoms with Crippen molar-refractivity contribution in [3.05, 3.63) is 71.8 Å². The summed E-state index contributed by atoms with van der Waals surface area (Å²) in [5.74, 6) is -1.14. The second kappa shape index (κ2) is 6.91. The number of aliphatic carboxylic acids is 1. The molecule has 2 N–H and O–H groups in total. The number of nitrogens with one attached hydrogen (secondary N) is 1. The third kappa shape index (κ3) is 5.06. The molecule has 5 nitrogen and oxygen atoms in total. The molecule has 0 saturated heterocycles. The Balaban J connectivity index is 2.05. The summed E-state index contributed by atoms with van der Waals surface area (Å²) in [4.78, 5) is 10.4. The molecule has 114 valence electrons. The molecule has 0 spiro atoms. The van der Waals surface area contributed by atoms with Gasteiger partial charge >= 0.3 is 5.97 Å². The van der Waals surface area contributed by atoms with Gasteiger partial charge in [0.2, 0.25) is 10.0 Å². The first-order valence-corrected chi connectivity index (χ1v) is 8.15. The van der Waals surface area contributed by atoms with Crippen LogP contribution >= 0.6 is 0 Å². The molecule has 0 heterocycles. The highest BCUT2D eigenvalue weighted by Crippen LogP contribution is 2.14. The largest absolute Gasteiger partial charge is 0.478 e. The molecule has 0 aliphatic carbocycles. The van der Waals surface area contributed by atoms with Crippen LogP contribution in [0.15, 0.2) is 60.7 Å². The fourth-order valence-electron chi connectivity index (χ4n) is 1.84. The lowest BCUT2D eigenvalue weighted by atomic mass is 10.2. The zero-order valence-corrected chi connectivity index (χ0v) is 12.5. The summed E-state index contributed by atoms with van der Waals surface area (Å²) in [7, 11) is -3.49. The molecule has 0 radical (unpaired) electrons. The zero-order valence-electron chi connectivity index (χ0n) is 11.6. The van der Waals surface area contributed by atoms with Crippen LogP contribution < -0.4 is 4.72 Å². The highest BCUT2D eigenvalue weighted by molar-refractivity contribution is 7.91. The van der Waals surface area contributed by atoms with Gasteiger partial charge in [-0.05, 0) is 29.3 Å². The monoisotopic (exact) mass is 317 g/mol. The normalized spacial score (nSPS) is 11.5. The number of benzene rings is 2. The van der Waals surface area contributed by atoms with Gasteiger partial charge in [0.25, 0.3) is 0 Å².